The highest BCUT2D eigenvalue weighted by Crippen LogP contribution is 2.40. The van der Waals surface area contributed by atoms with Crippen molar-refractivity contribution in [3.05, 3.63) is 64.9 Å². The standard InChI is InChI=1S/C26H29FN4O2/c1-16(2)31-8-9-33-26-21(27)12-20(13-22(26)31)25-23(32-3)15-29-24(30-25)11-17-4-5-19-14-28-7-6-18(19)10-17/h4-5,10,12-13,15-16,28H,6-9,11,14H2,1-3H3. The van der Waals surface area contributed by atoms with Crippen LogP contribution in [-0.4, -0.2) is 42.8 Å². The second-order valence-corrected chi connectivity index (χ2v) is 8.85. The van der Waals surface area contributed by atoms with E-state index in [2.05, 4.69) is 47.2 Å². The average Bonchev–Trinajstić information content (AvgIpc) is 2.83. The molecule has 0 bridgehead atoms. The molecule has 0 aliphatic carbocycles. The molecule has 0 unspecified atom stereocenters. The Morgan fingerprint density at radius 3 is 2.91 bits per heavy atom. The molecule has 172 valence electrons. The molecule has 2 aromatic carbocycles. The van der Waals surface area contributed by atoms with Crippen molar-refractivity contribution in [3.8, 4) is 22.8 Å². The van der Waals surface area contributed by atoms with Gasteiger partial charge in [0.2, 0.25) is 0 Å². The number of hydrogen-bond acceptors (Lipinski definition) is 6. The molecule has 7 heteroatoms. The molecule has 0 saturated heterocycles. The van der Waals surface area contributed by atoms with Gasteiger partial charge in [0.25, 0.3) is 0 Å². The summed E-state index contributed by atoms with van der Waals surface area (Å²) >= 11 is 0. The molecule has 0 atom stereocenters. The lowest BCUT2D eigenvalue weighted by Gasteiger charge is -2.34. The maximum atomic E-state index is 15.1. The van der Waals surface area contributed by atoms with E-state index in [1.165, 1.54) is 22.8 Å². The van der Waals surface area contributed by atoms with Gasteiger partial charge in [-0.25, -0.2) is 14.4 Å². The van der Waals surface area contributed by atoms with Crippen molar-refractivity contribution in [1.82, 2.24) is 15.3 Å². The summed E-state index contributed by atoms with van der Waals surface area (Å²) in [5, 5.41) is 3.40. The number of fused-ring (bicyclic) bond motifs is 2. The average molecular weight is 449 g/mol. The molecule has 2 aliphatic heterocycles. The summed E-state index contributed by atoms with van der Waals surface area (Å²) in [4.78, 5) is 11.5. The fraction of sp³-hybridized carbons (Fsp3) is 0.385. The van der Waals surface area contributed by atoms with Crippen LogP contribution in [-0.2, 0) is 19.4 Å². The number of rotatable bonds is 5. The first-order valence-electron chi connectivity index (χ1n) is 11.5. The molecule has 1 aromatic heterocycles. The van der Waals surface area contributed by atoms with E-state index in [-0.39, 0.29) is 6.04 Å². The van der Waals surface area contributed by atoms with Crippen LogP contribution in [0, 0.1) is 5.82 Å². The molecular weight excluding hydrogens is 419 g/mol. The lowest BCUT2D eigenvalue weighted by molar-refractivity contribution is 0.287. The van der Waals surface area contributed by atoms with E-state index in [1.807, 2.05) is 6.07 Å². The minimum Gasteiger partial charge on any atom is -0.493 e. The second kappa shape index (κ2) is 8.98. The number of ether oxygens (including phenoxy) is 2. The zero-order valence-electron chi connectivity index (χ0n) is 19.3. The Morgan fingerprint density at radius 1 is 1.21 bits per heavy atom. The monoisotopic (exact) mass is 448 g/mol. The normalized spacial score (nSPS) is 15.1. The summed E-state index contributed by atoms with van der Waals surface area (Å²) < 4.78 is 26.2. The van der Waals surface area contributed by atoms with Gasteiger partial charge in [0.1, 0.15) is 18.1 Å². The zero-order valence-corrected chi connectivity index (χ0v) is 19.3. The predicted molar refractivity (Wildman–Crippen MR) is 127 cm³/mol. The number of methoxy groups -OCH3 is 1. The highest BCUT2D eigenvalue weighted by molar-refractivity contribution is 5.75. The summed E-state index contributed by atoms with van der Waals surface area (Å²) in [7, 11) is 1.58. The maximum Gasteiger partial charge on any atom is 0.178 e. The second-order valence-electron chi connectivity index (χ2n) is 8.85. The molecule has 1 N–H and O–H groups in total. The number of aromatic nitrogens is 2. The minimum absolute atomic E-state index is 0.226. The van der Waals surface area contributed by atoms with E-state index >= 15 is 4.39 Å². The van der Waals surface area contributed by atoms with E-state index in [9.17, 15) is 0 Å². The first-order valence-corrected chi connectivity index (χ1v) is 11.5. The Kier molecular flexibility index (Phi) is 5.89. The van der Waals surface area contributed by atoms with Crippen LogP contribution in [0.4, 0.5) is 10.1 Å². The van der Waals surface area contributed by atoms with Crippen molar-refractivity contribution < 1.29 is 13.9 Å². The third-order valence-corrected chi connectivity index (χ3v) is 6.35. The Labute approximate surface area is 193 Å². The van der Waals surface area contributed by atoms with Crippen molar-refractivity contribution in [3.63, 3.8) is 0 Å². The fourth-order valence-electron chi connectivity index (χ4n) is 4.65. The first-order chi connectivity index (χ1) is 16.0. The molecule has 0 saturated carbocycles. The number of anilines is 1. The van der Waals surface area contributed by atoms with Gasteiger partial charge in [-0.15, -0.1) is 0 Å². The predicted octanol–water partition coefficient (Wildman–Crippen LogP) is 4.14. The molecular formula is C26H29FN4O2. The SMILES string of the molecule is COc1cnc(Cc2ccc3c(c2)CCNC3)nc1-c1cc(F)c2c(c1)N(C(C)C)CCO2. The van der Waals surface area contributed by atoms with Crippen molar-refractivity contribution in [2.75, 3.05) is 31.7 Å². The summed E-state index contributed by atoms with van der Waals surface area (Å²) in [6.45, 7) is 7.29. The Hall–Kier alpha value is -3.19. The molecule has 0 radical (unpaired) electrons. The molecule has 0 fully saturated rings. The van der Waals surface area contributed by atoms with Gasteiger partial charge in [-0.3, -0.25) is 0 Å². The van der Waals surface area contributed by atoms with Crippen molar-refractivity contribution >= 4 is 5.69 Å². The lowest BCUT2D eigenvalue weighted by Crippen LogP contribution is -2.38. The summed E-state index contributed by atoms with van der Waals surface area (Å²) in [5.74, 6) is 1.10. The third-order valence-electron chi connectivity index (χ3n) is 6.35. The Morgan fingerprint density at radius 2 is 2.09 bits per heavy atom. The van der Waals surface area contributed by atoms with Crippen LogP contribution in [0.2, 0.25) is 0 Å². The topological polar surface area (TPSA) is 59.5 Å². The van der Waals surface area contributed by atoms with Gasteiger partial charge >= 0.3 is 0 Å². The molecule has 5 rings (SSSR count). The van der Waals surface area contributed by atoms with Gasteiger partial charge < -0.3 is 19.7 Å². The summed E-state index contributed by atoms with van der Waals surface area (Å²) in [6, 6.07) is 10.2. The molecule has 0 amide bonds. The number of halogens is 1. The van der Waals surface area contributed by atoms with E-state index < -0.39 is 5.82 Å². The quantitative estimate of drug-likeness (QED) is 0.633. The van der Waals surface area contributed by atoms with Gasteiger partial charge in [-0.05, 0) is 55.6 Å². The van der Waals surface area contributed by atoms with E-state index in [0.29, 0.717) is 48.2 Å². The van der Waals surface area contributed by atoms with E-state index in [0.717, 1.165) is 25.2 Å². The minimum atomic E-state index is -0.390. The van der Waals surface area contributed by atoms with Crippen molar-refractivity contribution in [2.24, 2.45) is 0 Å². The van der Waals surface area contributed by atoms with Gasteiger partial charge in [0, 0.05) is 24.6 Å². The van der Waals surface area contributed by atoms with Crippen LogP contribution >= 0.6 is 0 Å². The van der Waals surface area contributed by atoms with Crippen LogP contribution in [0.5, 0.6) is 11.5 Å². The fourth-order valence-corrected chi connectivity index (χ4v) is 4.65. The van der Waals surface area contributed by atoms with E-state index in [1.54, 1.807) is 13.3 Å². The molecule has 3 heterocycles. The smallest absolute Gasteiger partial charge is 0.178 e. The number of benzene rings is 2. The number of nitrogens with zero attached hydrogens (tertiary/aromatic N) is 3. The van der Waals surface area contributed by atoms with Crippen LogP contribution in [0.25, 0.3) is 11.3 Å². The molecule has 0 spiro atoms. The van der Waals surface area contributed by atoms with Crippen LogP contribution in [0.3, 0.4) is 0 Å². The summed E-state index contributed by atoms with van der Waals surface area (Å²) in [5.41, 5.74) is 5.88. The van der Waals surface area contributed by atoms with Gasteiger partial charge in [-0.2, -0.15) is 0 Å². The van der Waals surface area contributed by atoms with Crippen LogP contribution < -0.4 is 19.7 Å². The third kappa shape index (κ3) is 4.25. The number of hydrogen-bond donors (Lipinski definition) is 1. The van der Waals surface area contributed by atoms with E-state index in [4.69, 9.17) is 14.5 Å². The van der Waals surface area contributed by atoms with Crippen LogP contribution in [0.15, 0.2) is 36.5 Å². The van der Waals surface area contributed by atoms with Gasteiger partial charge in [0.15, 0.2) is 17.3 Å². The Bertz CT molecular complexity index is 1180. The largest absolute Gasteiger partial charge is 0.493 e. The van der Waals surface area contributed by atoms with Gasteiger partial charge in [0.05, 0.1) is 25.5 Å². The molecule has 3 aromatic rings. The molecule has 6 nitrogen and oxygen atoms in total. The number of nitrogens with one attached hydrogen (secondary N) is 1. The first kappa shape index (κ1) is 21.6. The maximum absolute atomic E-state index is 15.1. The highest BCUT2D eigenvalue weighted by atomic mass is 19.1. The molecule has 33 heavy (non-hydrogen) atoms. The van der Waals surface area contributed by atoms with Gasteiger partial charge in [-0.1, -0.05) is 18.2 Å². The summed E-state index contributed by atoms with van der Waals surface area (Å²) in [6.07, 6.45) is 3.31. The molecule has 2 aliphatic rings. The highest BCUT2D eigenvalue weighted by Gasteiger charge is 2.26. The van der Waals surface area contributed by atoms with Crippen molar-refractivity contribution in [1.29, 1.82) is 0 Å². The zero-order chi connectivity index (χ0) is 22.9. The lowest BCUT2D eigenvalue weighted by atomic mass is 9.97. The van der Waals surface area contributed by atoms with Crippen LogP contribution in [0.1, 0.15) is 36.4 Å². The Balaban J connectivity index is 1.52. The van der Waals surface area contributed by atoms with Crippen molar-refractivity contribution in [2.45, 2.75) is 39.3 Å².